The second-order valence-electron chi connectivity index (χ2n) is 4.39. The highest BCUT2D eigenvalue weighted by atomic mass is 16.4. The van der Waals surface area contributed by atoms with E-state index in [-0.39, 0.29) is 17.3 Å². The topological polar surface area (TPSA) is 98.7 Å². The van der Waals surface area contributed by atoms with E-state index in [0.717, 1.165) is 6.42 Å². The van der Waals surface area contributed by atoms with Crippen LogP contribution in [0.25, 0.3) is 0 Å². The molecule has 4 N–H and O–H groups in total. The summed E-state index contributed by atoms with van der Waals surface area (Å²) in [7, 11) is 0. The average Bonchev–Trinajstić information content (AvgIpc) is 2.35. The molecule has 1 aromatic rings. The second kappa shape index (κ2) is 6.63. The largest absolute Gasteiger partial charge is 0.507 e. The van der Waals surface area contributed by atoms with Crippen LogP contribution in [0.15, 0.2) is 18.2 Å². The number of urea groups is 1. The lowest BCUT2D eigenvalue weighted by molar-refractivity contribution is 0.0694. The van der Waals surface area contributed by atoms with Gasteiger partial charge in [0.05, 0.1) is 0 Å². The molecule has 0 aliphatic rings. The summed E-state index contributed by atoms with van der Waals surface area (Å²) in [5, 5.41) is 23.4. The fourth-order valence-corrected chi connectivity index (χ4v) is 1.38. The fourth-order valence-electron chi connectivity index (χ4n) is 1.38. The molecule has 0 aliphatic carbocycles. The summed E-state index contributed by atoms with van der Waals surface area (Å²) in [6.07, 6.45) is 0.967. The highest BCUT2D eigenvalue weighted by molar-refractivity contribution is 5.93. The van der Waals surface area contributed by atoms with Gasteiger partial charge in [0.25, 0.3) is 0 Å². The molecule has 0 fully saturated rings. The number of carboxylic acids is 1. The minimum Gasteiger partial charge on any atom is -0.507 e. The first kappa shape index (κ1) is 14.8. The number of carbonyl (C=O) groups excluding carboxylic acids is 1. The fraction of sp³-hybridized carbons (Fsp3) is 0.385. The Labute approximate surface area is 111 Å². The maximum Gasteiger partial charge on any atom is 0.339 e. The Kier molecular flexibility index (Phi) is 5.17. The normalized spacial score (nSPS) is 11.7. The molecule has 19 heavy (non-hydrogen) atoms. The lowest BCUT2D eigenvalue weighted by Crippen LogP contribution is -2.32. The third-order valence-corrected chi connectivity index (χ3v) is 2.79. The number of carboxylic acid groups (broad SMARTS) is 1. The van der Waals surface area contributed by atoms with Crippen LogP contribution in [0.4, 0.5) is 10.5 Å². The van der Waals surface area contributed by atoms with Crippen LogP contribution < -0.4 is 10.6 Å². The molecule has 0 radical (unpaired) electrons. The summed E-state index contributed by atoms with van der Waals surface area (Å²) in [4.78, 5) is 22.2. The smallest absolute Gasteiger partial charge is 0.339 e. The predicted molar refractivity (Wildman–Crippen MR) is 71.5 cm³/mol. The molecule has 1 unspecified atom stereocenters. The number of aromatic carboxylic acids is 1. The number of phenols is 1. The van der Waals surface area contributed by atoms with Crippen molar-refractivity contribution in [3.63, 3.8) is 0 Å². The molecule has 104 valence electrons. The number of amides is 2. The van der Waals surface area contributed by atoms with E-state index in [0.29, 0.717) is 18.2 Å². The number of aromatic hydroxyl groups is 1. The Bertz CT molecular complexity index is 474. The molecular formula is C13H18N2O4. The van der Waals surface area contributed by atoms with E-state index in [1.54, 1.807) is 0 Å². The Balaban J connectivity index is 2.60. The van der Waals surface area contributed by atoms with E-state index >= 15 is 0 Å². The van der Waals surface area contributed by atoms with Crippen LogP contribution in [-0.2, 0) is 0 Å². The van der Waals surface area contributed by atoms with Crippen molar-refractivity contribution in [1.29, 1.82) is 0 Å². The van der Waals surface area contributed by atoms with Gasteiger partial charge in [-0.3, -0.25) is 0 Å². The van der Waals surface area contributed by atoms with Crippen molar-refractivity contribution in [2.24, 2.45) is 5.92 Å². The average molecular weight is 266 g/mol. The summed E-state index contributed by atoms with van der Waals surface area (Å²) in [5.74, 6) is -1.22. The van der Waals surface area contributed by atoms with E-state index in [1.807, 2.05) is 13.8 Å². The monoisotopic (exact) mass is 266 g/mol. The Morgan fingerprint density at radius 1 is 1.37 bits per heavy atom. The second-order valence-corrected chi connectivity index (χ2v) is 4.39. The molecule has 0 spiro atoms. The lowest BCUT2D eigenvalue weighted by Gasteiger charge is -2.11. The summed E-state index contributed by atoms with van der Waals surface area (Å²) >= 11 is 0. The van der Waals surface area contributed by atoms with Gasteiger partial charge < -0.3 is 20.8 Å². The lowest BCUT2D eigenvalue weighted by atomic mass is 10.1. The third kappa shape index (κ3) is 4.50. The Morgan fingerprint density at radius 2 is 2.05 bits per heavy atom. The maximum atomic E-state index is 11.5. The quantitative estimate of drug-likeness (QED) is 0.657. The molecule has 2 amide bonds. The number of nitrogens with one attached hydrogen (secondary N) is 2. The van der Waals surface area contributed by atoms with Crippen molar-refractivity contribution >= 4 is 17.7 Å². The van der Waals surface area contributed by atoms with E-state index in [2.05, 4.69) is 10.6 Å². The van der Waals surface area contributed by atoms with Crippen LogP contribution in [0.2, 0.25) is 0 Å². The molecule has 1 atom stereocenters. The predicted octanol–water partition coefficient (Wildman–Crippen LogP) is 2.26. The van der Waals surface area contributed by atoms with Crippen molar-refractivity contribution in [1.82, 2.24) is 5.32 Å². The number of rotatable bonds is 5. The van der Waals surface area contributed by atoms with Crippen molar-refractivity contribution in [2.75, 3.05) is 11.9 Å². The molecule has 1 rings (SSSR count). The molecule has 6 nitrogen and oxygen atoms in total. The molecular weight excluding hydrogens is 248 g/mol. The highest BCUT2D eigenvalue weighted by Crippen LogP contribution is 2.21. The van der Waals surface area contributed by atoms with Crippen molar-refractivity contribution in [2.45, 2.75) is 20.3 Å². The van der Waals surface area contributed by atoms with Gasteiger partial charge in [0.1, 0.15) is 11.3 Å². The number of hydrogen-bond acceptors (Lipinski definition) is 3. The van der Waals surface area contributed by atoms with Gasteiger partial charge in [0.15, 0.2) is 0 Å². The molecule has 0 saturated heterocycles. The zero-order chi connectivity index (χ0) is 14.4. The Morgan fingerprint density at radius 3 is 2.58 bits per heavy atom. The Hall–Kier alpha value is -2.24. The zero-order valence-electron chi connectivity index (χ0n) is 10.9. The van der Waals surface area contributed by atoms with Gasteiger partial charge in [-0.15, -0.1) is 0 Å². The first-order chi connectivity index (χ1) is 8.93. The van der Waals surface area contributed by atoms with Gasteiger partial charge in [-0.25, -0.2) is 9.59 Å². The standard InChI is InChI=1S/C13H18N2O4/c1-3-8(2)7-14-13(19)15-9-4-5-10(12(17)18)11(16)6-9/h4-6,8,16H,3,7H2,1-2H3,(H,17,18)(H2,14,15,19). The van der Waals surface area contributed by atoms with Crippen LogP contribution >= 0.6 is 0 Å². The van der Waals surface area contributed by atoms with E-state index in [1.165, 1.54) is 18.2 Å². The molecule has 1 aromatic carbocycles. The summed E-state index contributed by atoms with van der Waals surface area (Å²) in [5.41, 5.74) is 0.134. The molecule has 0 bridgehead atoms. The van der Waals surface area contributed by atoms with Gasteiger partial charge >= 0.3 is 12.0 Å². The number of anilines is 1. The van der Waals surface area contributed by atoms with Crippen molar-refractivity contribution in [3.05, 3.63) is 23.8 Å². The van der Waals surface area contributed by atoms with Gasteiger partial charge in [-0.05, 0) is 18.1 Å². The summed E-state index contributed by atoms with van der Waals surface area (Å²) in [6, 6.07) is 3.48. The minimum atomic E-state index is -1.22. The van der Waals surface area contributed by atoms with Crippen LogP contribution in [0.3, 0.4) is 0 Å². The first-order valence-electron chi connectivity index (χ1n) is 6.05. The minimum absolute atomic E-state index is 0.203. The molecule has 0 aliphatic heterocycles. The summed E-state index contributed by atoms with van der Waals surface area (Å²) in [6.45, 7) is 4.61. The van der Waals surface area contributed by atoms with Gasteiger partial charge in [0.2, 0.25) is 0 Å². The molecule has 0 heterocycles. The number of benzene rings is 1. The SMILES string of the molecule is CCC(C)CNC(=O)Nc1ccc(C(=O)O)c(O)c1. The van der Waals surface area contributed by atoms with E-state index < -0.39 is 5.97 Å². The molecule has 6 heteroatoms. The van der Waals surface area contributed by atoms with E-state index in [9.17, 15) is 14.7 Å². The number of hydrogen-bond donors (Lipinski definition) is 4. The summed E-state index contributed by atoms with van der Waals surface area (Å²) < 4.78 is 0. The van der Waals surface area contributed by atoms with Gasteiger partial charge in [0, 0.05) is 18.3 Å². The third-order valence-electron chi connectivity index (χ3n) is 2.79. The zero-order valence-corrected chi connectivity index (χ0v) is 10.9. The van der Waals surface area contributed by atoms with Crippen LogP contribution in [0, 0.1) is 5.92 Å². The molecule has 0 saturated carbocycles. The molecule has 0 aromatic heterocycles. The van der Waals surface area contributed by atoms with Crippen molar-refractivity contribution in [3.8, 4) is 5.75 Å². The number of carbonyl (C=O) groups is 2. The van der Waals surface area contributed by atoms with E-state index in [4.69, 9.17) is 5.11 Å². The van der Waals surface area contributed by atoms with Crippen molar-refractivity contribution < 1.29 is 19.8 Å². The van der Waals surface area contributed by atoms with Gasteiger partial charge in [-0.1, -0.05) is 20.3 Å². The van der Waals surface area contributed by atoms with Crippen LogP contribution in [-0.4, -0.2) is 28.8 Å². The highest BCUT2D eigenvalue weighted by Gasteiger charge is 2.11. The maximum absolute atomic E-state index is 11.5. The van der Waals surface area contributed by atoms with Gasteiger partial charge in [-0.2, -0.15) is 0 Å². The first-order valence-corrected chi connectivity index (χ1v) is 6.05. The van der Waals surface area contributed by atoms with Crippen LogP contribution in [0.5, 0.6) is 5.75 Å². The van der Waals surface area contributed by atoms with Crippen LogP contribution in [0.1, 0.15) is 30.6 Å².